The topological polar surface area (TPSA) is 54.5 Å². The van der Waals surface area contributed by atoms with Gasteiger partial charge in [0, 0.05) is 24.1 Å². The van der Waals surface area contributed by atoms with Gasteiger partial charge < -0.3 is 0 Å². The lowest BCUT2D eigenvalue weighted by Crippen LogP contribution is -2.22. The second-order valence-corrected chi connectivity index (χ2v) is 8.04. The molecule has 6 heteroatoms. The van der Waals surface area contributed by atoms with Crippen molar-refractivity contribution in [3.05, 3.63) is 70.2 Å². The van der Waals surface area contributed by atoms with Gasteiger partial charge in [0.25, 0.3) is 0 Å². The first-order valence-electron chi connectivity index (χ1n) is 6.82. The number of benzene rings is 2. The fourth-order valence-corrected chi connectivity index (χ4v) is 3.26. The van der Waals surface area contributed by atoms with Crippen molar-refractivity contribution in [1.29, 1.82) is 0 Å². The summed E-state index contributed by atoms with van der Waals surface area (Å²) >= 11 is 3.41. The molecule has 0 aromatic heterocycles. The highest BCUT2D eigenvalue weighted by Gasteiger charge is 2.18. The molecule has 0 amide bonds. The summed E-state index contributed by atoms with van der Waals surface area (Å²) in [7, 11) is -0.647. The number of nitrogens with zero attached hydrogens (tertiary/aromatic N) is 1. The Labute approximate surface area is 144 Å². The molecular weight excluding hydrogens is 378 g/mol. The van der Waals surface area contributed by atoms with E-state index >= 15 is 0 Å². The number of sulfonamides is 1. The van der Waals surface area contributed by atoms with Crippen LogP contribution in [0.3, 0.4) is 0 Å². The second kappa shape index (κ2) is 7.21. The maximum absolute atomic E-state index is 12.3. The van der Waals surface area contributed by atoms with Crippen LogP contribution in [0.2, 0.25) is 0 Å². The summed E-state index contributed by atoms with van der Waals surface area (Å²) < 4.78 is 26.2. The minimum Gasteiger partial charge on any atom is -0.289 e. The molecule has 0 atom stereocenters. The second-order valence-electron chi connectivity index (χ2n) is 5.03. The maximum Gasteiger partial charge on any atom is 0.242 e. The average Bonchev–Trinajstić information content (AvgIpc) is 2.53. The molecule has 4 nitrogen and oxygen atoms in total. The SMILES string of the molecule is CN(C)S(=O)(=O)c1cccc(C(=O)/C=C/c2ccccc2Br)c1. The molecule has 0 bridgehead atoms. The first-order valence-corrected chi connectivity index (χ1v) is 9.05. The lowest BCUT2D eigenvalue weighted by molar-refractivity contribution is 0.104. The number of carbonyl (C=O) groups is 1. The molecule has 0 spiro atoms. The Kier molecular flexibility index (Phi) is 5.51. The van der Waals surface area contributed by atoms with Gasteiger partial charge in [-0.3, -0.25) is 4.79 Å². The van der Waals surface area contributed by atoms with Crippen LogP contribution in [0.25, 0.3) is 6.08 Å². The smallest absolute Gasteiger partial charge is 0.242 e. The Hall–Kier alpha value is -1.76. The van der Waals surface area contributed by atoms with Crippen LogP contribution in [0.15, 0.2) is 64.0 Å². The molecular formula is C17H16BrNO3S. The molecule has 2 aromatic carbocycles. The van der Waals surface area contributed by atoms with E-state index in [1.54, 1.807) is 18.2 Å². The summed E-state index contributed by atoms with van der Waals surface area (Å²) in [5.74, 6) is -0.253. The van der Waals surface area contributed by atoms with Crippen LogP contribution < -0.4 is 0 Å². The monoisotopic (exact) mass is 393 g/mol. The van der Waals surface area contributed by atoms with Gasteiger partial charge in [-0.2, -0.15) is 0 Å². The largest absolute Gasteiger partial charge is 0.289 e. The van der Waals surface area contributed by atoms with Crippen LogP contribution in [0, 0.1) is 0 Å². The molecule has 0 saturated heterocycles. The van der Waals surface area contributed by atoms with E-state index in [0.717, 1.165) is 14.3 Å². The third-order valence-corrected chi connectivity index (χ3v) is 5.75. The predicted octanol–water partition coefficient (Wildman–Crippen LogP) is 3.60. The van der Waals surface area contributed by atoms with E-state index in [1.807, 2.05) is 24.3 Å². The van der Waals surface area contributed by atoms with Gasteiger partial charge in [-0.1, -0.05) is 46.3 Å². The van der Waals surface area contributed by atoms with Gasteiger partial charge in [0.2, 0.25) is 10.0 Å². The molecule has 23 heavy (non-hydrogen) atoms. The summed E-state index contributed by atoms with van der Waals surface area (Å²) in [6.07, 6.45) is 3.13. The number of carbonyl (C=O) groups excluding carboxylic acids is 1. The molecule has 0 radical (unpaired) electrons. The Morgan fingerprint density at radius 3 is 2.43 bits per heavy atom. The van der Waals surface area contributed by atoms with E-state index in [4.69, 9.17) is 0 Å². The van der Waals surface area contributed by atoms with Crippen molar-refractivity contribution >= 4 is 37.8 Å². The van der Waals surface area contributed by atoms with Gasteiger partial charge in [-0.05, 0) is 35.9 Å². The number of hydrogen-bond donors (Lipinski definition) is 0. The van der Waals surface area contributed by atoms with Crippen LogP contribution in [-0.2, 0) is 10.0 Å². The van der Waals surface area contributed by atoms with Crippen molar-refractivity contribution in [3.63, 3.8) is 0 Å². The summed E-state index contributed by atoms with van der Waals surface area (Å²) in [4.78, 5) is 12.4. The number of rotatable bonds is 5. The Morgan fingerprint density at radius 2 is 1.78 bits per heavy atom. The van der Waals surface area contributed by atoms with Gasteiger partial charge in [0.05, 0.1) is 4.90 Å². The summed E-state index contributed by atoms with van der Waals surface area (Å²) in [5, 5.41) is 0. The summed E-state index contributed by atoms with van der Waals surface area (Å²) in [5.41, 5.74) is 1.20. The Bertz CT molecular complexity index is 858. The third-order valence-electron chi connectivity index (χ3n) is 3.22. The molecule has 0 aliphatic rings. The van der Waals surface area contributed by atoms with E-state index in [2.05, 4.69) is 15.9 Å². The first-order chi connectivity index (χ1) is 10.8. The lowest BCUT2D eigenvalue weighted by atomic mass is 10.1. The lowest BCUT2D eigenvalue weighted by Gasteiger charge is -2.11. The van der Waals surface area contributed by atoms with E-state index in [0.29, 0.717) is 5.56 Å². The van der Waals surface area contributed by atoms with Crippen LogP contribution in [-0.4, -0.2) is 32.6 Å². The van der Waals surface area contributed by atoms with E-state index in [9.17, 15) is 13.2 Å². The van der Waals surface area contributed by atoms with E-state index < -0.39 is 10.0 Å². The average molecular weight is 394 g/mol. The molecule has 0 saturated carbocycles. The highest BCUT2D eigenvalue weighted by molar-refractivity contribution is 9.10. The van der Waals surface area contributed by atoms with Crippen LogP contribution >= 0.6 is 15.9 Å². The molecule has 120 valence electrons. The van der Waals surface area contributed by atoms with Gasteiger partial charge >= 0.3 is 0 Å². The van der Waals surface area contributed by atoms with E-state index in [-0.39, 0.29) is 10.7 Å². The number of hydrogen-bond acceptors (Lipinski definition) is 3. The molecule has 0 heterocycles. The van der Waals surface area contributed by atoms with Crippen LogP contribution in [0.4, 0.5) is 0 Å². The first kappa shape index (κ1) is 17.6. The van der Waals surface area contributed by atoms with E-state index in [1.165, 1.54) is 32.3 Å². The van der Waals surface area contributed by atoms with Crippen LogP contribution in [0.5, 0.6) is 0 Å². The van der Waals surface area contributed by atoms with Gasteiger partial charge in [-0.15, -0.1) is 0 Å². The standard InChI is InChI=1S/C17H16BrNO3S/c1-19(2)23(21,22)15-8-5-7-14(12-15)17(20)11-10-13-6-3-4-9-16(13)18/h3-12H,1-2H3/b11-10+. The Morgan fingerprint density at radius 1 is 1.09 bits per heavy atom. The fraction of sp³-hybridized carbons (Fsp3) is 0.118. The zero-order valence-electron chi connectivity index (χ0n) is 12.7. The molecule has 2 aromatic rings. The van der Waals surface area contributed by atoms with Crippen molar-refractivity contribution in [3.8, 4) is 0 Å². The fourth-order valence-electron chi connectivity index (χ4n) is 1.89. The minimum atomic E-state index is -3.56. The quantitative estimate of drug-likeness (QED) is 0.575. The zero-order valence-corrected chi connectivity index (χ0v) is 15.1. The molecule has 2 rings (SSSR count). The molecule has 0 unspecified atom stereocenters. The zero-order chi connectivity index (χ0) is 17.0. The highest BCUT2D eigenvalue weighted by Crippen LogP contribution is 2.19. The van der Waals surface area contributed by atoms with Crippen molar-refractivity contribution in [2.24, 2.45) is 0 Å². The molecule has 0 fully saturated rings. The van der Waals surface area contributed by atoms with Gasteiger partial charge in [0.15, 0.2) is 5.78 Å². The van der Waals surface area contributed by atoms with Gasteiger partial charge in [-0.25, -0.2) is 12.7 Å². The maximum atomic E-state index is 12.3. The number of ketones is 1. The Balaban J connectivity index is 2.29. The summed E-state index contributed by atoms with van der Waals surface area (Å²) in [6.45, 7) is 0. The molecule has 0 aliphatic carbocycles. The van der Waals surface area contributed by atoms with Gasteiger partial charge in [0.1, 0.15) is 0 Å². The van der Waals surface area contributed by atoms with Crippen LogP contribution in [0.1, 0.15) is 15.9 Å². The number of allylic oxidation sites excluding steroid dienone is 1. The molecule has 0 N–H and O–H groups in total. The predicted molar refractivity (Wildman–Crippen MR) is 94.8 cm³/mol. The van der Waals surface area contributed by atoms with Crippen molar-refractivity contribution in [2.75, 3.05) is 14.1 Å². The number of halogens is 1. The molecule has 0 aliphatic heterocycles. The summed E-state index contributed by atoms with van der Waals surface area (Å²) in [6, 6.07) is 13.6. The third kappa shape index (κ3) is 4.16. The normalized spacial score (nSPS) is 12.0. The highest BCUT2D eigenvalue weighted by atomic mass is 79.9. The minimum absolute atomic E-state index is 0.0997. The van der Waals surface area contributed by atoms with Crippen molar-refractivity contribution in [2.45, 2.75) is 4.90 Å². The van der Waals surface area contributed by atoms with Crippen molar-refractivity contribution in [1.82, 2.24) is 4.31 Å². The van der Waals surface area contributed by atoms with Crippen molar-refractivity contribution < 1.29 is 13.2 Å².